The van der Waals surface area contributed by atoms with Crippen LogP contribution in [-0.4, -0.2) is 20.6 Å². The Morgan fingerprint density at radius 1 is 1.14 bits per heavy atom. The number of thiazole rings is 1. The summed E-state index contributed by atoms with van der Waals surface area (Å²) in [5.41, 5.74) is 0.750. The van der Waals surface area contributed by atoms with Gasteiger partial charge >= 0.3 is 5.97 Å². The Bertz CT molecular complexity index is 1310. The van der Waals surface area contributed by atoms with E-state index in [1.165, 1.54) is 22.8 Å². The van der Waals surface area contributed by atoms with Crippen LogP contribution in [0.2, 0.25) is 10.0 Å². The smallest absolute Gasteiger partial charge is 0.308 e. The summed E-state index contributed by atoms with van der Waals surface area (Å²) in [6, 6.07) is 12.0. The molecule has 4 aromatic rings. The molecule has 0 unspecified atom stereocenters. The van der Waals surface area contributed by atoms with Gasteiger partial charge < -0.3 is 4.74 Å². The molecule has 4 rings (SSSR count). The van der Waals surface area contributed by atoms with Crippen LogP contribution >= 0.6 is 34.5 Å². The first kappa shape index (κ1) is 18.6. The molecule has 2 aromatic heterocycles. The van der Waals surface area contributed by atoms with E-state index in [1.54, 1.807) is 48.5 Å². The average molecular weight is 432 g/mol. The Morgan fingerprint density at radius 3 is 2.54 bits per heavy atom. The lowest BCUT2D eigenvalue weighted by Crippen LogP contribution is -2.23. The van der Waals surface area contributed by atoms with Crippen LogP contribution in [0.25, 0.3) is 22.4 Å². The predicted octanol–water partition coefficient (Wildman–Crippen LogP) is 3.60. The van der Waals surface area contributed by atoms with Crippen molar-refractivity contribution < 1.29 is 9.53 Å². The number of nitrogens with zero attached hydrogens (tertiary/aromatic N) is 3. The zero-order valence-electron chi connectivity index (χ0n) is 14.3. The van der Waals surface area contributed by atoms with Gasteiger partial charge in [0.05, 0.1) is 10.1 Å². The predicted molar refractivity (Wildman–Crippen MR) is 109 cm³/mol. The first-order valence-electron chi connectivity index (χ1n) is 8.07. The van der Waals surface area contributed by atoms with Crippen molar-refractivity contribution in [2.75, 3.05) is 0 Å². The van der Waals surface area contributed by atoms with E-state index in [-0.39, 0.29) is 5.56 Å². The van der Waals surface area contributed by atoms with Crippen molar-refractivity contribution in [2.24, 2.45) is 0 Å². The number of para-hydroxylation sites is 1. The summed E-state index contributed by atoms with van der Waals surface area (Å²) in [6.45, 7) is 1.31. The van der Waals surface area contributed by atoms with Crippen LogP contribution in [0.3, 0.4) is 0 Å². The molecule has 0 saturated carbocycles. The van der Waals surface area contributed by atoms with Crippen molar-refractivity contribution in [1.82, 2.24) is 14.6 Å². The molecule has 9 heteroatoms. The maximum atomic E-state index is 12.7. The number of ether oxygens (including phenoxy) is 1. The molecule has 28 heavy (non-hydrogen) atoms. The Hall–Kier alpha value is -2.74. The van der Waals surface area contributed by atoms with Gasteiger partial charge in [0.1, 0.15) is 5.75 Å². The van der Waals surface area contributed by atoms with Gasteiger partial charge in [0.25, 0.3) is 5.56 Å². The van der Waals surface area contributed by atoms with Crippen LogP contribution in [0.1, 0.15) is 12.5 Å². The molecular formula is C19H11Cl2N3O3S. The number of fused-ring (bicyclic) bond motifs is 1. The molecular weight excluding hydrogens is 421 g/mol. The van der Waals surface area contributed by atoms with Crippen LogP contribution in [0.4, 0.5) is 0 Å². The van der Waals surface area contributed by atoms with Crippen LogP contribution in [0.5, 0.6) is 5.75 Å². The summed E-state index contributed by atoms with van der Waals surface area (Å²) >= 11 is 13.5. The fraction of sp³-hybridized carbons (Fsp3) is 0.0526. The lowest BCUT2D eigenvalue weighted by atomic mass is 10.2. The van der Waals surface area contributed by atoms with Gasteiger partial charge in [0.15, 0.2) is 5.82 Å². The van der Waals surface area contributed by atoms with Crippen molar-refractivity contribution in [3.8, 4) is 17.1 Å². The lowest BCUT2D eigenvalue weighted by molar-refractivity contribution is -0.131. The third-order valence-electron chi connectivity index (χ3n) is 3.84. The maximum Gasteiger partial charge on any atom is 0.308 e. The molecule has 0 aliphatic heterocycles. The summed E-state index contributed by atoms with van der Waals surface area (Å²) in [4.78, 5) is 28.9. The molecule has 0 N–H and O–H groups in total. The molecule has 0 spiro atoms. The minimum atomic E-state index is -0.452. The Labute approximate surface area is 172 Å². The summed E-state index contributed by atoms with van der Waals surface area (Å²) in [6.07, 6.45) is 1.63. The number of hydrogen-bond acceptors (Lipinski definition) is 6. The molecule has 6 nitrogen and oxygen atoms in total. The van der Waals surface area contributed by atoms with Gasteiger partial charge in [-0.2, -0.15) is 9.50 Å². The summed E-state index contributed by atoms with van der Waals surface area (Å²) in [7, 11) is 0. The van der Waals surface area contributed by atoms with Gasteiger partial charge in [-0.15, -0.1) is 5.10 Å². The third kappa shape index (κ3) is 3.40. The fourth-order valence-electron chi connectivity index (χ4n) is 2.62. The molecule has 2 aromatic carbocycles. The molecule has 140 valence electrons. The van der Waals surface area contributed by atoms with Crippen molar-refractivity contribution in [2.45, 2.75) is 6.92 Å². The normalized spacial score (nSPS) is 11.9. The van der Waals surface area contributed by atoms with Crippen LogP contribution in [0, 0.1) is 0 Å². The van der Waals surface area contributed by atoms with Gasteiger partial charge in [-0.05, 0) is 30.3 Å². The highest BCUT2D eigenvalue weighted by atomic mass is 35.5. The van der Waals surface area contributed by atoms with Crippen molar-refractivity contribution in [1.29, 1.82) is 0 Å². The van der Waals surface area contributed by atoms with Crippen molar-refractivity contribution in [3.63, 3.8) is 0 Å². The van der Waals surface area contributed by atoms with Crippen molar-refractivity contribution >= 4 is 51.5 Å². The lowest BCUT2D eigenvalue weighted by Gasteiger charge is -2.04. The largest absolute Gasteiger partial charge is 0.426 e. The zero-order valence-corrected chi connectivity index (χ0v) is 16.7. The van der Waals surface area contributed by atoms with E-state index in [0.29, 0.717) is 42.2 Å². The van der Waals surface area contributed by atoms with Gasteiger partial charge in [0, 0.05) is 22.5 Å². The highest BCUT2D eigenvalue weighted by Crippen LogP contribution is 2.28. The number of carbonyl (C=O) groups excluding carboxylic acids is 1. The molecule has 0 saturated heterocycles. The second-order valence-corrected chi connectivity index (χ2v) is 7.59. The highest BCUT2D eigenvalue weighted by molar-refractivity contribution is 7.15. The van der Waals surface area contributed by atoms with Crippen LogP contribution in [0.15, 0.2) is 47.3 Å². The second-order valence-electron chi connectivity index (χ2n) is 5.77. The summed E-state index contributed by atoms with van der Waals surface area (Å²) in [5, 5.41) is 5.18. The van der Waals surface area contributed by atoms with E-state index >= 15 is 0 Å². The molecule has 0 aliphatic carbocycles. The Kier molecular flexibility index (Phi) is 4.89. The van der Waals surface area contributed by atoms with E-state index in [0.717, 1.165) is 0 Å². The standard InChI is InChI=1S/C19H11Cl2N3O3S/c1-10(25)27-15-8-3-2-5-11(15)17-22-19-24(23-17)18(26)16(28-19)9-12-13(20)6-4-7-14(12)21/h2-9H,1H3/b16-9-. The first-order valence-corrected chi connectivity index (χ1v) is 9.64. The molecule has 0 fully saturated rings. The fourth-order valence-corrected chi connectivity index (χ4v) is 4.02. The minimum absolute atomic E-state index is 0.294. The maximum absolute atomic E-state index is 12.7. The average Bonchev–Trinajstić information content (AvgIpc) is 3.18. The number of carbonyl (C=O) groups is 1. The highest BCUT2D eigenvalue weighted by Gasteiger charge is 2.16. The monoisotopic (exact) mass is 431 g/mol. The van der Waals surface area contributed by atoms with Gasteiger partial charge in [0.2, 0.25) is 4.96 Å². The molecule has 0 atom stereocenters. The zero-order chi connectivity index (χ0) is 19.8. The van der Waals surface area contributed by atoms with E-state index in [9.17, 15) is 9.59 Å². The summed E-state index contributed by atoms with van der Waals surface area (Å²) < 4.78 is 6.81. The summed E-state index contributed by atoms with van der Waals surface area (Å²) in [5.74, 6) is 0.171. The van der Waals surface area contributed by atoms with Crippen LogP contribution in [-0.2, 0) is 4.79 Å². The van der Waals surface area contributed by atoms with Gasteiger partial charge in [-0.3, -0.25) is 9.59 Å². The number of esters is 1. The third-order valence-corrected chi connectivity index (χ3v) is 5.46. The van der Waals surface area contributed by atoms with Crippen molar-refractivity contribution in [3.05, 3.63) is 73.0 Å². The molecule has 0 bridgehead atoms. The van der Waals surface area contributed by atoms with Crippen LogP contribution < -0.4 is 14.8 Å². The topological polar surface area (TPSA) is 73.6 Å². The quantitative estimate of drug-likeness (QED) is 0.366. The Morgan fingerprint density at radius 2 is 1.86 bits per heavy atom. The molecule has 0 radical (unpaired) electrons. The minimum Gasteiger partial charge on any atom is -0.426 e. The molecule has 2 heterocycles. The van der Waals surface area contributed by atoms with E-state index in [2.05, 4.69) is 10.1 Å². The SMILES string of the molecule is CC(=O)Oc1ccccc1-c1nc2s/c(=C\c3c(Cl)cccc3Cl)c(=O)n2n1. The van der Waals surface area contributed by atoms with E-state index in [4.69, 9.17) is 27.9 Å². The van der Waals surface area contributed by atoms with E-state index in [1.807, 2.05) is 0 Å². The van der Waals surface area contributed by atoms with Gasteiger partial charge in [-0.1, -0.05) is 52.7 Å². The van der Waals surface area contributed by atoms with E-state index < -0.39 is 5.97 Å². The molecule has 0 amide bonds. The number of aromatic nitrogens is 3. The first-order chi connectivity index (χ1) is 13.4. The number of rotatable bonds is 3. The Balaban J connectivity index is 1.83. The molecule has 0 aliphatic rings. The van der Waals surface area contributed by atoms with Gasteiger partial charge in [-0.25, -0.2) is 0 Å². The number of hydrogen-bond donors (Lipinski definition) is 0. The second kappa shape index (κ2) is 7.35. The number of benzene rings is 2. The number of halogens is 2.